The summed E-state index contributed by atoms with van der Waals surface area (Å²) in [6, 6.07) is 8.47. The van der Waals surface area contributed by atoms with E-state index in [0.717, 1.165) is 0 Å². The number of aliphatic carboxylic acids is 1. The highest BCUT2D eigenvalue weighted by Crippen LogP contribution is 2.30. The second-order valence-electron chi connectivity index (χ2n) is 4.78. The first-order valence-electron chi connectivity index (χ1n) is 6.45. The van der Waals surface area contributed by atoms with Crippen molar-refractivity contribution >= 4 is 17.9 Å². The van der Waals surface area contributed by atoms with Gasteiger partial charge in [0.25, 0.3) is 5.91 Å². The molecule has 1 saturated heterocycles. The van der Waals surface area contributed by atoms with Crippen LogP contribution < -0.4 is 10.6 Å². The van der Waals surface area contributed by atoms with Crippen molar-refractivity contribution in [3.63, 3.8) is 0 Å². The molecule has 0 bridgehead atoms. The maximum absolute atomic E-state index is 12.1. The number of carbonyl (C=O) groups is 3. The highest BCUT2D eigenvalue weighted by atomic mass is 16.4. The molecule has 1 aromatic carbocycles. The fraction of sp³-hybridized carbons (Fsp3) is 0.357. The van der Waals surface area contributed by atoms with E-state index in [-0.39, 0.29) is 12.3 Å². The van der Waals surface area contributed by atoms with Gasteiger partial charge in [-0.1, -0.05) is 30.3 Å². The van der Waals surface area contributed by atoms with Crippen LogP contribution in [0.4, 0.5) is 4.79 Å². The van der Waals surface area contributed by atoms with Gasteiger partial charge in [-0.05, 0) is 24.8 Å². The van der Waals surface area contributed by atoms with Gasteiger partial charge in [-0.25, -0.2) is 4.79 Å². The van der Waals surface area contributed by atoms with Gasteiger partial charge in [-0.15, -0.1) is 0 Å². The number of urea groups is 1. The summed E-state index contributed by atoms with van der Waals surface area (Å²) in [5.41, 5.74) is -0.379. The summed E-state index contributed by atoms with van der Waals surface area (Å²) >= 11 is 0. The fourth-order valence-electron chi connectivity index (χ4n) is 2.40. The first-order chi connectivity index (χ1) is 9.54. The number of nitrogens with one attached hydrogen (secondary N) is 2. The Hall–Kier alpha value is -2.37. The topological polar surface area (TPSA) is 95.5 Å². The maximum Gasteiger partial charge on any atom is 0.322 e. The lowest BCUT2D eigenvalue weighted by Gasteiger charge is -2.26. The quantitative estimate of drug-likeness (QED) is 0.540. The van der Waals surface area contributed by atoms with Gasteiger partial charge < -0.3 is 10.4 Å². The Morgan fingerprint density at radius 1 is 1.15 bits per heavy atom. The van der Waals surface area contributed by atoms with Gasteiger partial charge in [0.1, 0.15) is 5.54 Å². The van der Waals surface area contributed by atoms with Gasteiger partial charge in [0.15, 0.2) is 0 Å². The molecule has 0 radical (unpaired) electrons. The monoisotopic (exact) mass is 276 g/mol. The van der Waals surface area contributed by atoms with E-state index in [9.17, 15) is 14.4 Å². The van der Waals surface area contributed by atoms with Crippen LogP contribution in [0, 0.1) is 0 Å². The number of imide groups is 1. The molecule has 0 aromatic heterocycles. The molecule has 1 unspecified atom stereocenters. The normalized spacial score (nSPS) is 21.4. The van der Waals surface area contributed by atoms with E-state index in [0.29, 0.717) is 24.8 Å². The van der Waals surface area contributed by atoms with Gasteiger partial charge in [-0.3, -0.25) is 14.9 Å². The standard InChI is InChI=1S/C14H16N2O4/c17-11(18)8-4-5-9-14(10-6-2-1-3-7-10)12(19)15-13(20)16-14/h1-3,6-7H,4-5,8-9H2,(H,17,18)(H2,15,16,19,20). The third-order valence-corrected chi connectivity index (χ3v) is 3.40. The number of carboxylic acid groups (broad SMARTS) is 1. The summed E-state index contributed by atoms with van der Waals surface area (Å²) in [6.45, 7) is 0. The predicted octanol–water partition coefficient (Wildman–Crippen LogP) is 1.37. The molecule has 2 rings (SSSR count). The van der Waals surface area contributed by atoms with Crippen LogP contribution in [0.25, 0.3) is 0 Å². The maximum atomic E-state index is 12.1. The molecular weight excluding hydrogens is 260 g/mol. The highest BCUT2D eigenvalue weighted by Gasteiger charge is 2.46. The minimum atomic E-state index is -1.09. The number of rotatable bonds is 6. The van der Waals surface area contributed by atoms with Gasteiger partial charge in [0.05, 0.1) is 0 Å². The van der Waals surface area contributed by atoms with Gasteiger partial charge in [-0.2, -0.15) is 0 Å². The Morgan fingerprint density at radius 3 is 2.40 bits per heavy atom. The molecule has 1 heterocycles. The average Bonchev–Trinajstić information content (AvgIpc) is 2.71. The molecule has 20 heavy (non-hydrogen) atoms. The molecule has 3 N–H and O–H groups in total. The summed E-state index contributed by atoms with van der Waals surface area (Å²) in [5.74, 6) is -1.25. The Kier molecular flexibility index (Phi) is 4.02. The number of unbranched alkanes of at least 4 members (excludes halogenated alkanes) is 1. The zero-order chi connectivity index (χ0) is 14.6. The number of benzene rings is 1. The highest BCUT2D eigenvalue weighted by molar-refractivity contribution is 6.07. The van der Waals surface area contributed by atoms with Crippen molar-refractivity contribution < 1.29 is 19.5 Å². The van der Waals surface area contributed by atoms with Crippen LogP contribution in [-0.4, -0.2) is 23.0 Å². The molecule has 1 aromatic rings. The van der Waals surface area contributed by atoms with E-state index in [2.05, 4.69) is 10.6 Å². The Morgan fingerprint density at radius 2 is 1.85 bits per heavy atom. The molecule has 0 saturated carbocycles. The number of carboxylic acids is 1. The molecule has 106 valence electrons. The average molecular weight is 276 g/mol. The first kappa shape index (κ1) is 14.0. The van der Waals surface area contributed by atoms with Crippen molar-refractivity contribution in [1.82, 2.24) is 10.6 Å². The van der Waals surface area contributed by atoms with Crippen molar-refractivity contribution in [2.75, 3.05) is 0 Å². The zero-order valence-corrected chi connectivity index (χ0v) is 10.9. The summed E-state index contributed by atoms with van der Waals surface area (Å²) in [6.07, 6.45) is 1.43. The molecule has 1 atom stereocenters. The van der Waals surface area contributed by atoms with Crippen LogP contribution in [-0.2, 0) is 15.1 Å². The summed E-state index contributed by atoms with van der Waals surface area (Å²) < 4.78 is 0. The first-order valence-corrected chi connectivity index (χ1v) is 6.45. The largest absolute Gasteiger partial charge is 0.481 e. The van der Waals surface area contributed by atoms with Gasteiger partial charge in [0.2, 0.25) is 0 Å². The van der Waals surface area contributed by atoms with Crippen molar-refractivity contribution in [3.8, 4) is 0 Å². The number of hydrogen-bond donors (Lipinski definition) is 3. The fourth-order valence-corrected chi connectivity index (χ4v) is 2.40. The van der Waals surface area contributed by atoms with Crippen LogP contribution in [0.15, 0.2) is 30.3 Å². The van der Waals surface area contributed by atoms with E-state index < -0.39 is 17.5 Å². The summed E-state index contributed by atoms with van der Waals surface area (Å²) in [7, 11) is 0. The molecule has 1 aliphatic heterocycles. The Balaban J connectivity index is 2.16. The van der Waals surface area contributed by atoms with E-state index >= 15 is 0 Å². The van der Waals surface area contributed by atoms with E-state index in [1.807, 2.05) is 6.07 Å². The molecule has 0 spiro atoms. The summed E-state index contributed by atoms with van der Waals surface area (Å²) in [4.78, 5) is 34.1. The van der Waals surface area contributed by atoms with Gasteiger partial charge >= 0.3 is 12.0 Å². The third-order valence-electron chi connectivity index (χ3n) is 3.40. The van der Waals surface area contributed by atoms with Crippen LogP contribution in [0.5, 0.6) is 0 Å². The number of carbonyl (C=O) groups excluding carboxylic acids is 2. The minimum absolute atomic E-state index is 0.0560. The minimum Gasteiger partial charge on any atom is -0.481 e. The van der Waals surface area contributed by atoms with E-state index in [4.69, 9.17) is 5.11 Å². The Labute approximate surface area is 116 Å². The Bertz CT molecular complexity index is 529. The van der Waals surface area contributed by atoms with Crippen molar-refractivity contribution in [1.29, 1.82) is 0 Å². The lowest BCUT2D eigenvalue weighted by Crippen LogP contribution is -2.43. The van der Waals surface area contributed by atoms with E-state index in [1.54, 1.807) is 24.3 Å². The number of hydrogen-bond acceptors (Lipinski definition) is 3. The molecule has 6 heteroatoms. The lowest BCUT2D eigenvalue weighted by molar-refractivity contribution is -0.137. The molecule has 0 aliphatic carbocycles. The molecular formula is C14H16N2O4. The third kappa shape index (κ3) is 2.79. The smallest absolute Gasteiger partial charge is 0.322 e. The molecule has 1 fully saturated rings. The SMILES string of the molecule is O=C(O)CCCCC1(c2ccccc2)NC(=O)NC1=O. The molecule has 1 aliphatic rings. The van der Waals surface area contributed by atoms with Crippen LogP contribution in [0.2, 0.25) is 0 Å². The van der Waals surface area contributed by atoms with E-state index in [1.165, 1.54) is 0 Å². The van der Waals surface area contributed by atoms with Gasteiger partial charge in [0, 0.05) is 6.42 Å². The lowest BCUT2D eigenvalue weighted by atomic mass is 9.85. The van der Waals surface area contributed by atoms with Crippen LogP contribution in [0.3, 0.4) is 0 Å². The number of amides is 3. The zero-order valence-electron chi connectivity index (χ0n) is 10.9. The second-order valence-corrected chi connectivity index (χ2v) is 4.78. The molecule has 3 amide bonds. The van der Waals surface area contributed by atoms with Crippen LogP contribution in [0.1, 0.15) is 31.2 Å². The second kappa shape index (κ2) is 5.73. The summed E-state index contributed by atoms with van der Waals surface area (Å²) in [5, 5.41) is 13.6. The van der Waals surface area contributed by atoms with Crippen molar-refractivity contribution in [3.05, 3.63) is 35.9 Å². The van der Waals surface area contributed by atoms with Crippen LogP contribution >= 0.6 is 0 Å². The molecule has 6 nitrogen and oxygen atoms in total. The van der Waals surface area contributed by atoms with Crippen molar-refractivity contribution in [2.24, 2.45) is 0 Å². The van der Waals surface area contributed by atoms with Crippen molar-refractivity contribution in [2.45, 2.75) is 31.2 Å². The predicted molar refractivity (Wildman–Crippen MR) is 70.9 cm³/mol.